The van der Waals surface area contributed by atoms with Gasteiger partial charge in [-0.2, -0.15) is 0 Å². The van der Waals surface area contributed by atoms with Gasteiger partial charge in [-0.3, -0.25) is 10.2 Å². The zero-order chi connectivity index (χ0) is 32.4. The fourth-order valence-electron chi connectivity index (χ4n) is 5.14. The molecule has 0 unspecified atom stereocenters. The van der Waals surface area contributed by atoms with Crippen molar-refractivity contribution in [3.05, 3.63) is 130 Å². The van der Waals surface area contributed by atoms with Crippen LogP contribution in [0.25, 0.3) is 0 Å². The minimum atomic E-state index is -3.75. The lowest BCUT2D eigenvalue weighted by molar-refractivity contribution is -0.130. The normalized spacial score (nSPS) is 17.6. The molecule has 4 aromatic carbocycles. The van der Waals surface area contributed by atoms with E-state index in [9.17, 15) is 13.2 Å². The first-order chi connectivity index (χ1) is 22.3. The summed E-state index contributed by atoms with van der Waals surface area (Å²) in [5, 5.41) is 9.04. The van der Waals surface area contributed by atoms with Crippen LogP contribution < -0.4 is 15.6 Å². The first-order valence-electron chi connectivity index (χ1n) is 15.0. The van der Waals surface area contributed by atoms with E-state index >= 15 is 0 Å². The lowest BCUT2D eigenvalue weighted by Gasteiger charge is -2.30. The van der Waals surface area contributed by atoms with E-state index < -0.39 is 27.4 Å². The van der Waals surface area contributed by atoms with Crippen LogP contribution in [-0.4, -0.2) is 56.4 Å². The highest BCUT2D eigenvalue weighted by molar-refractivity contribution is 9.10. The Morgan fingerprint density at radius 3 is 2.28 bits per heavy atom. The Labute approximate surface area is 277 Å². The number of sulfone groups is 1. The lowest BCUT2D eigenvalue weighted by Crippen LogP contribution is -2.53. The molecule has 46 heavy (non-hydrogen) atoms. The molecule has 11 heteroatoms. The molecule has 0 radical (unpaired) electrons. The topological polar surface area (TPSA) is 126 Å². The number of hydrogen-bond acceptors (Lipinski definition) is 8. The van der Waals surface area contributed by atoms with Crippen LogP contribution in [0, 0.1) is 0 Å². The van der Waals surface area contributed by atoms with E-state index in [4.69, 9.17) is 19.6 Å². The molecule has 4 aromatic rings. The third-order valence-corrected chi connectivity index (χ3v) is 9.90. The highest BCUT2D eigenvalue weighted by Crippen LogP contribution is 2.43. The third-order valence-electron chi connectivity index (χ3n) is 7.64. The quantitative estimate of drug-likeness (QED) is 0.115. The molecule has 2 atom stereocenters. The van der Waals surface area contributed by atoms with Crippen molar-refractivity contribution >= 4 is 37.6 Å². The number of amides is 1. The molecular formula is C35H36BrN3O6S. The summed E-state index contributed by atoms with van der Waals surface area (Å²) in [6.07, 6.45) is 0.138. The SMILES string of the molecule is O=C(NNCCc1ccc(Br)cc1)[C@@]1(CCS(=O)(=O)c2ccccc2)N=C(c2ccc(OCCCO)cc2)O[C@H]1c1ccccc1. The number of ether oxygens (including phenoxy) is 2. The van der Waals surface area contributed by atoms with E-state index in [-0.39, 0.29) is 29.6 Å². The van der Waals surface area contributed by atoms with Crippen LogP contribution in [0.1, 0.15) is 35.6 Å². The molecule has 0 aromatic heterocycles. The summed E-state index contributed by atoms with van der Waals surface area (Å²) in [5.74, 6) is 0.00496. The van der Waals surface area contributed by atoms with Crippen molar-refractivity contribution in [1.82, 2.24) is 10.9 Å². The second kappa shape index (κ2) is 15.5. The van der Waals surface area contributed by atoms with Crippen molar-refractivity contribution in [2.75, 3.05) is 25.5 Å². The molecule has 0 bridgehead atoms. The van der Waals surface area contributed by atoms with Gasteiger partial charge in [0.2, 0.25) is 5.90 Å². The van der Waals surface area contributed by atoms with Crippen LogP contribution in [0.3, 0.4) is 0 Å². The number of halogens is 1. The largest absolute Gasteiger partial charge is 0.494 e. The molecule has 0 saturated heterocycles. The summed E-state index contributed by atoms with van der Waals surface area (Å²) in [6.45, 7) is 0.848. The van der Waals surface area contributed by atoms with Crippen molar-refractivity contribution < 1.29 is 27.8 Å². The van der Waals surface area contributed by atoms with Gasteiger partial charge in [0.05, 0.1) is 17.3 Å². The summed E-state index contributed by atoms with van der Waals surface area (Å²) >= 11 is 3.44. The van der Waals surface area contributed by atoms with Gasteiger partial charge < -0.3 is 14.6 Å². The van der Waals surface area contributed by atoms with Crippen molar-refractivity contribution in [3.63, 3.8) is 0 Å². The van der Waals surface area contributed by atoms with E-state index in [2.05, 4.69) is 26.8 Å². The Morgan fingerprint density at radius 1 is 0.935 bits per heavy atom. The van der Waals surface area contributed by atoms with Gasteiger partial charge in [0.1, 0.15) is 5.75 Å². The number of nitrogens with zero attached hydrogens (tertiary/aromatic N) is 1. The maximum Gasteiger partial charge on any atom is 0.266 e. The lowest BCUT2D eigenvalue weighted by atomic mass is 9.85. The Morgan fingerprint density at radius 2 is 1.61 bits per heavy atom. The number of aliphatic hydroxyl groups excluding tert-OH is 1. The average molecular weight is 707 g/mol. The summed E-state index contributed by atoms with van der Waals surface area (Å²) in [5.41, 5.74) is 6.60. The van der Waals surface area contributed by atoms with Gasteiger partial charge >= 0.3 is 0 Å². The highest BCUT2D eigenvalue weighted by atomic mass is 79.9. The second-order valence-corrected chi connectivity index (χ2v) is 13.9. The maximum absolute atomic E-state index is 14.2. The van der Waals surface area contributed by atoms with Gasteiger partial charge in [0.15, 0.2) is 21.5 Å². The van der Waals surface area contributed by atoms with Crippen LogP contribution in [0.2, 0.25) is 0 Å². The predicted molar refractivity (Wildman–Crippen MR) is 180 cm³/mol. The van der Waals surface area contributed by atoms with E-state index in [1.54, 1.807) is 54.6 Å². The number of rotatable bonds is 15. The number of aliphatic hydroxyl groups is 1. The van der Waals surface area contributed by atoms with Crippen molar-refractivity contribution in [2.45, 2.75) is 35.8 Å². The first-order valence-corrected chi connectivity index (χ1v) is 17.5. The number of hydrazine groups is 1. The summed E-state index contributed by atoms with van der Waals surface area (Å²) in [7, 11) is -3.75. The molecular weight excluding hydrogens is 670 g/mol. The fraction of sp³-hybridized carbons (Fsp3) is 0.257. The zero-order valence-electron chi connectivity index (χ0n) is 25.1. The van der Waals surface area contributed by atoms with Crippen LogP contribution in [0.4, 0.5) is 0 Å². The van der Waals surface area contributed by atoms with Crippen LogP contribution in [-0.2, 0) is 25.8 Å². The van der Waals surface area contributed by atoms with Crippen molar-refractivity contribution in [1.29, 1.82) is 0 Å². The maximum atomic E-state index is 14.2. The van der Waals surface area contributed by atoms with E-state index in [1.807, 2.05) is 54.6 Å². The molecule has 5 rings (SSSR count). The van der Waals surface area contributed by atoms with Gasteiger partial charge in [0.25, 0.3) is 5.91 Å². The molecule has 0 aliphatic carbocycles. The van der Waals surface area contributed by atoms with Crippen molar-refractivity contribution in [2.24, 2.45) is 4.99 Å². The molecule has 9 nitrogen and oxygen atoms in total. The van der Waals surface area contributed by atoms with Gasteiger partial charge in [-0.15, -0.1) is 0 Å². The molecule has 1 aliphatic rings. The van der Waals surface area contributed by atoms with E-state index in [0.29, 0.717) is 42.9 Å². The standard InChI is InChI=1S/C35H36BrN3O6S/c36-29-16-12-26(13-17-29)20-22-37-39-34(41)35(21-25-46(42,43)31-10-5-2-6-11-31)32(27-8-3-1-4-9-27)45-33(38-35)28-14-18-30(19-15-28)44-24-7-23-40/h1-6,8-19,32,37,40H,7,20-25H2,(H,39,41)/t32-,35-/m0/s1. The predicted octanol–water partition coefficient (Wildman–Crippen LogP) is 5.19. The van der Waals surface area contributed by atoms with E-state index in [1.165, 1.54) is 0 Å². The monoisotopic (exact) mass is 705 g/mol. The number of hydrogen-bond donors (Lipinski definition) is 3. The third kappa shape index (κ3) is 8.21. The van der Waals surface area contributed by atoms with Crippen LogP contribution in [0.5, 0.6) is 5.75 Å². The minimum Gasteiger partial charge on any atom is -0.494 e. The number of aliphatic imine (C=N–C) groups is 1. The summed E-state index contributed by atoms with van der Waals surface area (Å²) < 4.78 is 40.0. The number of carbonyl (C=O) groups excluding carboxylic acids is 1. The van der Waals surface area contributed by atoms with E-state index in [0.717, 1.165) is 10.0 Å². The molecule has 0 fully saturated rings. The Kier molecular flexibility index (Phi) is 11.2. The zero-order valence-corrected chi connectivity index (χ0v) is 27.5. The van der Waals surface area contributed by atoms with Crippen molar-refractivity contribution in [3.8, 4) is 5.75 Å². The molecule has 1 amide bonds. The van der Waals surface area contributed by atoms with Crippen LogP contribution in [0.15, 0.2) is 124 Å². The summed E-state index contributed by atoms with van der Waals surface area (Å²) in [6, 6.07) is 32.4. The average Bonchev–Trinajstić information content (AvgIpc) is 3.49. The number of nitrogens with one attached hydrogen (secondary N) is 2. The number of benzene rings is 4. The summed E-state index contributed by atoms with van der Waals surface area (Å²) in [4.78, 5) is 19.3. The van der Waals surface area contributed by atoms with Gasteiger partial charge in [-0.25, -0.2) is 18.8 Å². The molecule has 1 heterocycles. The molecule has 1 aliphatic heterocycles. The second-order valence-electron chi connectivity index (χ2n) is 10.8. The van der Waals surface area contributed by atoms with Crippen LogP contribution >= 0.6 is 15.9 Å². The Hall–Kier alpha value is -4.03. The Balaban J connectivity index is 1.45. The van der Waals surface area contributed by atoms with Gasteiger partial charge in [-0.1, -0.05) is 76.6 Å². The molecule has 240 valence electrons. The first kappa shape index (κ1) is 33.3. The number of carbonyl (C=O) groups is 1. The Bertz CT molecular complexity index is 1720. The fourth-order valence-corrected chi connectivity index (χ4v) is 6.79. The minimum absolute atomic E-state index is 0.0346. The smallest absolute Gasteiger partial charge is 0.266 e. The molecule has 0 saturated carbocycles. The molecule has 3 N–H and O–H groups in total. The highest BCUT2D eigenvalue weighted by Gasteiger charge is 2.53. The van der Waals surface area contributed by atoms with Gasteiger partial charge in [0, 0.05) is 36.0 Å². The molecule has 0 spiro atoms. The van der Waals surface area contributed by atoms with Gasteiger partial charge in [-0.05, 0) is 66.1 Å².